The summed E-state index contributed by atoms with van der Waals surface area (Å²) in [5.41, 5.74) is 2.76. The van der Waals surface area contributed by atoms with Crippen LogP contribution in [0, 0.1) is 0 Å². The molecule has 4 rings (SSSR count). The van der Waals surface area contributed by atoms with Crippen LogP contribution in [0.3, 0.4) is 0 Å². The summed E-state index contributed by atoms with van der Waals surface area (Å²) in [6, 6.07) is 16.1. The highest BCUT2D eigenvalue weighted by Crippen LogP contribution is 2.40. The highest BCUT2D eigenvalue weighted by Gasteiger charge is 2.41. The van der Waals surface area contributed by atoms with Crippen molar-refractivity contribution in [2.24, 2.45) is 0 Å². The molecule has 1 heterocycles. The van der Waals surface area contributed by atoms with E-state index < -0.39 is 0 Å². The number of carbonyl (C=O) groups excluding carboxylic acids is 1. The summed E-state index contributed by atoms with van der Waals surface area (Å²) in [6.45, 7) is 2.63. The maximum Gasteiger partial charge on any atom is 0.258 e. The van der Waals surface area contributed by atoms with Gasteiger partial charge in [0.05, 0.1) is 12.2 Å². The Bertz CT molecular complexity index is 722. The molecule has 0 spiro atoms. The molecule has 1 amide bonds. The molecule has 4 nitrogen and oxygen atoms in total. The SMILES string of the molecule is CCOc1ccc([C@H]2Nc3ccccc3C(=O)N2C2CC2)cc1. The van der Waals surface area contributed by atoms with E-state index in [-0.39, 0.29) is 12.1 Å². The molecular weight excluding hydrogens is 288 g/mol. The molecule has 1 aliphatic carbocycles. The number of hydrogen-bond donors (Lipinski definition) is 1. The first-order valence-corrected chi connectivity index (χ1v) is 8.19. The van der Waals surface area contributed by atoms with Crippen molar-refractivity contribution in [1.29, 1.82) is 0 Å². The molecule has 0 saturated heterocycles. The molecule has 0 aromatic heterocycles. The number of benzene rings is 2. The van der Waals surface area contributed by atoms with Gasteiger partial charge in [-0.15, -0.1) is 0 Å². The molecule has 0 unspecified atom stereocenters. The summed E-state index contributed by atoms with van der Waals surface area (Å²) in [7, 11) is 0. The van der Waals surface area contributed by atoms with Crippen LogP contribution in [0.15, 0.2) is 48.5 Å². The predicted molar refractivity (Wildman–Crippen MR) is 89.6 cm³/mol. The molecule has 2 aromatic carbocycles. The highest BCUT2D eigenvalue weighted by molar-refractivity contribution is 6.02. The van der Waals surface area contributed by atoms with Gasteiger partial charge in [-0.2, -0.15) is 0 Å². The first-order chi connectivity index (χ1) is 11.3. The average molecular weight is 308 g/mol. The van der Waals surface area contributed by atoms with Gasteiger partial charge in [-0.05, 0) is 49.6 Å². The number of nitrogens with zero attached hydrogens (tertiary/aromatic N) is 1. The zero-order chi connectivity index (χ0) is 15.8. The molecular formula is C19H20N2O2. The van der Waals surface area contributed by atoms with Gasteiger partial charge in [-0.25, -0.2) is 0 Å². The van der Waals surface area contributed by atoms with Crippen LogP contribution in [0.1, 0.15) is 41.9 Å². The lowest BCUT2D eigenvalue weighted by molar-refractivity contribution is 0.0666. The van der Waals surface area contributed by atoms with Gasteiger partial charge in [0.2, 0.25) is 0 Å². The molecule has 1 aliphatic heterocycles. The number of para-hydroxylation sites is 1. The molecule has 2 aliphatic rings. The van der Waals surface area contributed by atoms with Gasteiger partial charge in [0.25, 0.3) is 5.91 Å². The predicted octanol–water partition coefficient (Wildman–Crippen LogP) is 3.81. The quantitative estimate of drug-likeness (QED) is 0.933. The maximum atomic E-state index is 12.9. The fourth-order valence-electron chi connectivity index (χ4n) is 3.15. The minimum absolute atomic E-state index is 0.111. The number of rotatable bonds is 4. The Morgan fingerprint density at radius 3 is 2.57 bits per heavy atom. The Balaban J connectivity index is 1.70. The molecule has 1 atom stereocenters. The number of fused-ring (bicyclic) bond motifs is 1. The van der Waals surface area contributed by atoms with Gasteiger partial charge in [0.1, 0.15) is 11.9 Å². The van der Waals surface area contributed by atoms with E-state index in [1.54, 1.807) is 0 Å². The van der Waals surface area contributed by atoms with Crippen LogP contribution in [0.4, 0.5) is 5.69 Å². The maximum absolute atomic E-state index is 12.9. The summed E-state index contributed by atoms with van der Waals surface area (Å²) in [4.78, 5) is 14.9. The van der Waals surface area contributed by atoms with E-state index in [0.717, 1.165) is 35.4 Å². The van der Waals surface area contributed by atoms with E-state index in [4.69, 9.17) is 4.74 Å². The third kappa shape index (κ3) is 2.54. The van der Waals surface area contributed by atoms with Crippen molar-refractivity contribution < 1.29 is 9.53 Å². The Kier molecular flexibility index (Phi) is 3.45. The van der Waals surface area contributed by atoms with Crippen molar-refractivity contribution in [2.45, 2.75) is 32.0 Å². The van der Waals surface area contributed by atoms with Crippen LogP contribution in [-0.4, -0.2) is 23.5 Å². The van der Waals surface area contributed by atoms with Gasteiger partial charge in [0.15, 0.2) is 0 Å². The number of amides is 1. The Labute approximate surface area is 136 Å². The van der Waals surface area contributed by atoms with E-state index in [1.807, 2.05) is 60.4 Å². The van der Waals surface area contributed by atoms with Crippen LogP contribution in [0.2, 0.25) is 0 Å². The number of ether oxygens (including phenoxy) is 1. The molecule has 118 valence electrons. The molecule has 23 heavy (non-hydrogen) atoms. The topological polar surface area (TPSA) is 41.6 Å². The third-order valence-electron chi connectivity index (χ3n) is 4.41. The second-order valence-electron chi connectivity index (χ2n) is 6.04. The van der Waals surface area contributed by atoms with Crippen molar-refractivity contribution in [2.75, 3.05) is 11.9 Å². The number of nitrogens with one attached hydrogen (secondary N) is 1. The van der Waals surface area contributed by atoms with Crippen LogP contribution in [0.5, 0.6) is 5.75 Å². The monoisotopic (exact) mass is 308 g/mol. The lowest BCUT2D eigenvalue weighted by Gasteiger charge is -2.38. The molecule has 1 saturated carbocycles. The van der Waals surface area contributed by atoms with Crippen molar-refractivity contribution in [3.63, 3.8) is 0 Å². The van der Waals surface area contributed by atoms with Crippen molar-refractivity contribution in [1.82, 2.24) is 4.90 Å². The number of hydrogen-bond acceptors (Lipinski definition) is 3. The van der Waals surface area contributed by atoms with Crippen LogP contribution >= 0.6 is 0 Å². The third-order valence-corrected chi connectivity index (χ3v) is 4.41. The van der Waals surface area contributed by atoms with E-state index >= 15 is 0 Å². The molecule has 0 bridgehead atoms. The average Bonchev–Trinajstić information content (AvgIpc) is 3.41. The standard InChI is InChI=1S/C19H20N2O2/c1-2-23-15-11-7-13(8-12-15)18-20-17-6-4-3-5-16(17)19(22)21(18)14-9-10-14/h3-8,11-12,14,18,20H,2,9-10H2,1H3/t18-/m0/s1. The zero-order valence-corrected chi connectivity index (χ0v) is 13.2. The van der Waals surface area contributed by atoms with E-state index in [2.05, 4.69) is 5.32 Å². The number of carbonyl (C=O) groups is 1. The highest BCUT2D eigenvalue weighted by atomic mass is 16.5. The minimum Gasteiger partial charge on any atom is -0.494 e. The van der Waals surface area contributed by atoms with E-state index in [1.165, 1.54) is 0 Å². The Morgan fingerprint density at radius 1 is 1.13 bits per heavy atom. The molecule has 2 aromatic rings. The van der Waals surface area contributed by atoms with Crippen molar-refractivity contribution >= 4 is 11.6 Å². The van der Waals surface area contributed by atoms with Gasteiger partial charge in [-0.1, -0.05) is 24.3 Å². The summed E-state index contributed by atoms with van der Waals surface area (Å²) in [5, 5.41) is 3.53. The van der Waals surface area contributed by atoms with Gasteiger partial charge < -0.3 is 15.0 Å². The second-order valence-corrected chi connectivity index (χ2v) is 6.04. The van der Waals surface area contributed by atoms with Gasteiger partial charge in [-0.3, -0.25) is 4.79 Å². The van der Waals surface area contributed by atoms with Gasteiger partial charge in [0, 0.05) is 11.7 Å². The normalized spacial score (nSPS) is 20.0. The Hall–Kier alpha value is -2.49. The summed E-state index contributed by atoms with van der Waals surface area (Å²) in [6.07, 6.45) is 2.06. The van der Waals surface area contributed by atoms with Crippen LogP contribution in [0.25, 0.3) is 0 Å². The first kappa shape index (κ1) is 14.1. The van der Waals surface area contributed by atoms with Crippen LogP contribution < -0.4 is 10.1 Å². The number of anilines is 1. The summed E-state index contributed by atoms with van der Waals surface area (Å²) < 4.78 is 5.51. The summed E-state index contributed by atoms with van der Waals surface area (Å²) in [5.74, 6) is 0.984. The fraction of sp³-hybridized carbons (Fsp3) is 0.316. The molecule has 4 heteroatoms. The van der Waals surface area contributed by atoms with Crippen LogP contribution in [-0.2, 0) is 0 Å². The largest absolute Gasteiger partial charge is 0.494 e. The lowest BCUT2D eigenvalue weighted by Crippen LogP contribution is -2.44. The molecule has 1 fully saturated rings. The minimum atomic E-state index is -0.111. The Morgan fingerprint density at radius 2 is 1.87 bits per heavy atom. The van der Waals surface area contributed by atoms with E-state index in [9.17, 15) is 4.79 Å². The zero-order valence-electron chi connectivity index (χ0n) is 13.2. The first-order valence-electron chi connectivity index (χ1n) is 8.19. The van der Waals surface area contributed by atoms with Crippen molar-refractivity contribution in [3.05, 3.63) is 59.7 Å². The summed E-state index contributed by atoms with van der Waals surface area (Å²) >= 11 is 0. The molecule has 0 radical (unpaired) electrons. The smallest absolute Gasteiger partial charge is 0.258 e. The van der Waals surface area contributed by atoms with Gasteiger partial charge >= 0.3 is 0 Å². The van der Waals surface area contributed by atoms with E-state index in [0.29, 0.717) is 12.6 Å². The second kappa shape index (κ2) is 5.61. The molecule has 1 N–H and O–H groups in total. The van der Waals surface area contributed by atoms with Crippen molar-refractivity contribution in [3.8, 4) is 5.75 Å². The lowest BCUT2D eigenvalue weighted by atomic mass is 10.0. The fourth-order valence-corrected chi connectivity index (χ4v) is 3.15.